The van der Waals surface area contributed by atoms with Crippen molar-refractivity contribution in [2.75, 3.05) is 29.6 Å². The van der Waals surface area contributed by atoms with E-state index in [1.54, 1.807) is 24.0 Å². The van der Waals surface area contributed by atoms with Crippen molar-refractivity contribution in [2.24, 2.45) is 5.92 Å². The van der Waals surface area contributed by atoms with E-state index in [4.69, 9.17) is 0 Å². The van der Waals surface area contributed by atoms with Gasteiger partial charge in [0.1, 0.15) is 0 Å². The van der Waals surface area contributed by atoms with Crippen molar-refractivity contribution in [3.05, 3.63) is 41.2 Å². The Bertz CT molecular complexity index is 848. The summed E-state index contributed by atoms with van der Waals surface area (Å²) < 4.78 is 0. The average molecular weight is 369 g/mol. The molecule has 7 heteroatoms. The quantitative estimate of drug-likeness (QED) is 0.815. The summed E-state index contributed by atoms with van der Waals surface area (Å²) in [6.45, 7) is 7.50. The van der Waals surface area contributed by atoms with Crippen LogP contribution in [0.2, 0.25) is 0 Å². The van der Waals surface area contributed by atoms with Gasteiger partial charge in [0.2, 0.25) is 11.9 Å². The number of hydrogen-bond acceptors (Lipinski definition) is 5. The van der Waals surface area contributed by atoms with Gasteiger partial charge < -0.3 is 15.5 Å². The van der Waals surface area contributed by atoms with Gasteiger partial charge in [0.05, 0.1) is 11.3 Å². The molecule has 0 spiro atoms. The van der Waals surface area contributed by atoms with E-state index in [2.05, 4.69) is 20.6 Å². The molecule has 27 heavy (non-hydrogen) atoms. The number of aryl methyl sites for hydroxylation is 1. The Kier molecular flexibility index (Phi) is 6.50. The van der Waals surface area contributed by atoms with E-state index in [0.29, 0.717) is 28.6 Å². The molecule has 1 atom stereocenters. The second-order valence-corrected chi connectivity index (χ2v) is 6.79. The summed E-state index contributed by atoms with van der Waals surface area (Å²) in [7, 11) is 3.69. The molecular weight excluding hydrogens is 342 g/mol. The van der Waals surface area contributed by atoms with Crippen LogP contribution in [0.4, 0.5) is 17.3 Å². The number of aromatic nitrogens is 2. The van der Waals surface area contributed by atoms with Gasteiger partial charge in [-0.3, -0.25) is 9.59 Å². The van der Waals surface area contributed by atoms with Gasteiger partial charge in [0.15, 0.2) is 0 Å². The lowest BCUT2D eigenvalue weighted by molar-refractivity contribution is -0.119. The second kappa shape index (κ2) is 8.62. The average Bonchev–Trinajstić information content (AvgIpc) is 2.63. The Morgan fingerprint density at radius 1 is 1.15 bits per heavy atom. The zero-order valence-electron chi connectivity index (χ0n) is 16.8. The van der Waals surface area contributed by atoms with Crippen molar-refractivity contribution in [1.82, 2.24) is 9.97 Å². The van der Waals surface area contributed by atoms with Crippen molar-refractivity contribution in [2.45, 2.75) is 34.1 Å². The molecule has 1 aromatic heterocycles. The number of nitrogens with one attached hydrogen (secondary N) is 2. The first-order valence-corrected chi connectivity index (χ1v) is 8.97. The number of benzene rings is 1. The van der Waals surface area contributed by atoms with Crippen LogP contribution in [0.5, 0.6) is 0 Å². The lowest BCUT2D eigenvalue weighted by Crippen LogP contribution is -2.21. The second-order valence-electron chi connectivity index (χ2n) is 6.79. The van der Waals surface area contributed by atoms with E-state index in [1.165, 1.54) is 6.20 Å². The Morgan fingerprint density at radius 3 is 2.33 bits per heavy atom. The smallest absolute Gasteiger partial charge is 0.259 e. The SMILES string of the molecule is CCC(C)C(=O)Nc1cccc(NC(=O)c2cnc(N(C)C)nc2C)c1C. The zero-order chi connectivity index (χ0) is 20.1. The van der Waals surface area contributed by atoms with Crippen LogP contribution < -0.4 is 15.5 Å². The van der Waals surface area contributed by atoms with Gasteiger partial charge in [-0.25, -0.2) is 9.97 Å². The molecule has 1 aromatic carbocycles. The number of amides is 2. The van der Waals surface area contributed by atoms with Crippen LogP contribution in [0.15, 0.2) is 24.4 Å². The maximum Gasteiger partial charge on any atom is 0.259 e. The molecule has 0 saturated carbocycles. The predicted molar refractivity (Wildman–Crippen MR) is 108 cm³/mol. The zero-order valence-corrected chi connectivity index (χ0v) is 16.8. The first-order valence-electron chi connectivity index (χ1n) is 8.97. The van der Waals surface area contributed by atoms with Crippen molar-refractivity contribution in [3.8, 4) is 0 Å². The lowest BCUT2D eigenvalue weighted by atomic mass is 10.1. The highest BCUT2D eigenvalue weighted by atomic mass is 16.2. The van der Waals surface area contributed by atoms with Gasteiger partial charge in [-0.05, 0) is 38.0 Å². The van der Waals surface area contributed by atoms with Crippen molar-refractivity contribution in [1.29, 1.82) is 0 Å². The number of rotatable bonds is 6. The largest absolute Gasteiger partial charge is 0.347 e. The first kappa shape index (κ1) is 20.4. The van der Waals surface area contributed by atoms with E-state index in [-0.39, 0.29) is 17.7 Å². The first-order chi connectivity index (χ1) is 12.7. The summed E-state index contributed by atoms with van der Waals surface area (Å²) in [5.41, 5.74) is 3.14. The number of nitrogens with zero attached hydrogens (tertiary/aromatic N) is 3. The Balaban J connectivity index is 2.21. The molecule has 0 saturated heterocycles. The molecule has 2 rings (SSSR count). The van der Waals surface area contributed by atoms with E-state index in [0.717, 1.165) is 12.0 Å². The molecule has 1 unspecified atom stereocenters. The summed E-state index contributed by atoms with van der Waals surface area (Å²) >= 11 is 0. The van der Waals surface area contributed by atoms with Gasteiger partial charge in [-0.2, -0.15) is 0 Å². The number of anilines is 3. The molecule has 0 bridgehead atoms. The Hall–Kier alpha value is -2.96. The minimum Gasteiger partial charge on any atom is -0.347 e. The fraction of sp³-hybridized carbons (Fsp3) is 0.400. The molecule has 1 heterocycles. The van der Waals surface area contributed by atoms with E-state index in [1.807, 2.05) is 40.9 Å². The van der Waals surface area contributed by atoms with Crippen LogP contribution in [0.25, 0.3) is 0 Å². The summed E-state index contributed by atoms with van der Waals surface area (Å²) in [5, 5.41) is 5.81. The van der Waals surface area contributed by atoms with Crippen molar-refractivity contribution >= 4 is 29.1 Å². The minimum absolute atomic E-state index is 0.0346. The van der Waals surface area contributed by atoms with Crippen LogP contribution in [-0.2, 0) is 4.79 Å². The van der Waals surface area contributed by atoms with E-state index < -0.39 is 0 Å². The highest BCUT2D eigenvalue weighted by molar-refractivity contribution is 6.06. The molecule has 0 aliphatic carbocycles. The standard InChI is InChI=1S/C20H27N5O2/c1-7-12(2)18(26)23-16-9-8-10-17(13(16)3)24-19(27)15-11-21-20(25(5)6)22-14(15)4/h8-12H,7H2,1-6H3,(H,23,26)(H,24,27). The molecule has 2 N–H and O–H groups in total. The molecule has 2 aromatic rings. The molecule has 7 nitrogen and oxygen atoms in total. The molecule has 144 valence electrons. The predicted octanol–water partition coefficient (Wildman–Crippen LogP) is 3.40. The summed E-state index contributed by atoms with van der Waals surface area (Å²) in [6, 6.07) is 5.43. The molecule has 0 aliphatic heterocycles. The highest BCUT2D eigenvalue weighted by Gasteiger charge is 2.16. The third kappa shape index (κ3) is 4.81. The number of carbonyl (C=O) groups excluding carboxylic acids is 2. The number of hydrogen-bond donors (Lipinski definition) is 2. The normalized spacial score (nSPS) is 11.6. The van der Waals surface area contributed by atoms with Crippen LogP contribution in [0.3, 0.4) is 0 Å². The maximum absolute atomic E-state index is 12.7. The van der Waals surface area contributed by atoms with Crippen LogP contribution in [0, 0.1) is 19.8 Å². The minimum atomic E-state index is -0.286. The van der Waals surface area contributed by atoms with Gasteiger partial charge >= 0.3 is 0 Å². The topological polar surface area (TPSA) is 87.2 Å². The summed E-state index contributed by atoms with van der Waals surface area (Å²) in [5.74, 6) is 0.159. The Morgan fingerprint density at radius 2 is 1.78 bits per heavy atom. The molecule has 0 aliphatic rings. The van der Waals surface area contributed by atoms with Crippen LogP contribution in [0.1, 0.15) is 41.9 Å². The Labute approximate surface area is 160 Å². The monoisotopic (exact) mass is 369 g/mol. The van der Waals surface area contributed by atoms with Gasteiger partial charge in [0.25, 0.3) is 5.91 Å². The third-order valence-electron chi connectivity index (χ3n) is 4.51. The lowest BCUT2D eigenvalue weighted by Gasteiger charge is -2.16. The van der Waals surface area contributed by atoms with E-state index in [9.17, 15) is 9.59 Å². The summed E-state index contributed by atoms with van der Waals surface area (Å²) in [4.78, 5) is 35.2. The molecule has 2 amide bonds. The molecule has 0 fully saturated rings. The fourth-order valence-corrected chi connectivity index (χ4v) is 2.43. The molecule has 0 radical (unpaired) electrons. The highest BCUT2D eigenvalue weighted by Crippen LogP contribution is 2.25. The third-order valence-corrected chi connectivity index (χ3v) is 4.51. The van der Waals surface area contributed by atoms with Gasteiger partial charge in [-0.15, -0.1) is 0 Å². The van der Waals surface area contributed by atoms with Crippen molar-refractivity contribution < 1.29 is 9.59 Å². The maximum atomic E-state index is 12.7. The van der Waals surface area contributed by atoms with Crippen molar-refractivity contribution in [3.63, 3.8) is 0 Å². The van der Waals surface area contributed by atoms with E-state index >= 15 is 0 Å². The summed E-state index contributed by atoms with van der Waals surface area (Å²) in [6.07, 6.45) is 2.29. The number of carbonyl (C=O) groups is 2. The van der Waals surface area contributed by atoms with Crippen LogP contribution in [-0.4, -0.2) is 35.9 Å². The van der Waals surface area contributed by atoms with Crippen LogP contribution >= 0.6 is 0 Å². The van der Waals surface area contributed by atoms with Gasteiger partial charge in [-0.1, -0.05) is 19.9 Å². The van der Waals surface area contributed by atoms with Gasteiger partial charge in [0, 0.05) is 37.6 Å². The molecular formula is C20H27N5O2. The fourth-order valence-electron chi connectivity index (χ4n) is 2.43.